The molecular weight excluding hydrogens is 408 g/mol. The molecule has 3 aromatic carbocycles. The maximum atomic E-state index is 13.0. The molecule has 1 aromatic heterocycles. The second-order valence-corrected chi connectivity index (χ2v) is 8.45. The molecule has 0 unspecified atom stereocenters. The van der Waals surface area contributed by atoms with Gasteiger partial charge >= 0.3 is 0 Å². The minimum atomic E-state index is -0.0663. The SMILES string of the molecule is Cc1ccc(-c2nccc(Nc3cccc(C(=O)N[C@@H]4CCCc5ccccc54)c3)n2)cc1. The molecule has 0 bridgehead atoms. The van der Waals surface area contributed by atoms with Gasteiger partial charge in [0, 0.05) is 23.0 Å². The fourth-order valence-electron chi connectivity index (χ4n) is 4.30. The van der Waals surface area contributed by atoms with E-state index < -0.39 is 0 Å². The molecule has 1 amide bonds. The van der Waals surface area contributed by atoms with Gasteiger partial charge in [-0.05, 0) is 61.6 Å². The van der Waals surface area contributed by atoms with Crippen molar-refractivity contribution in [1.29, 1.82) is 0 Å². The Morgan fingerprint density at radius 2 is 1.82 bits per heavy atom. The number of anilines is 2. The summed E-state index contributed by atoms with van der Waals surface area (Å²) in [4.78, 5) is 22.1. The van der Waals surface area contributed by atoms with Gasteiger partial charge in [0.25, 0.3) is 5.91 Å². The maximum Gasteiger partial charge on any atom is 0.251 e. The number of amides is 1. The summed E-state index contributed by atoms with van der Waals surface area (Å²) < 4.78 is 0. The van der Waals surface area contributed by atoms with E-state index in [4.69, 9.17) is 0 Å². The van der Waals surface area contributed by atoms with Gasteiger partial charge in [0.15, 0.2) is 5.82 Å². The molecule has 164 valence electrons. The van der Waals surface area contributed by atoms with Gasteiger partial charge in [-0.3, -0.25) is 4.79 Å². The Balaban J connectivity index is 1.31. The zero-order chi connectivity index (χ0) is 22.6. The second kappa shape index (κ2) is 9.25. The summed E-state index contributed by atoms with van der Waals surface area (Å²) in [6.45, 7) is 2.05. The minimum Gasteiger partial charge on any atom is -0.345 e. The zero-order valence-electron chi connectivity index (χ0n) is 18.6. The first-order valence-corrected chi connectivity index (χ1v) is 11.3. The van der Waals surface area contributed by atoms with Crippen LogP contribution >= 0.6 is 0 Å². The number of fused-ring (bicyclic) bond motifs is 1. The molecule has 5 rings (SSSR count). The van der Waals surface area contributed by atoms with Crippen molar-refractivity contribution >= 4 is 17.4 Å². The molecule has 33 heavy (non-hydrogen) atoms. The van der Waals surface area contributed by atoms with Crippen molar-refractivity contribution in [3.63, 3.8) is 0 Å². The van der Waals surface area contributed by atoms with E-state index in [9.17, 15) is 4.79 Å². The Bertz CT molecular complexity index is 1280. The zero-order valence-corrected chi connectivity index (χ0v) is 18.6. The molecule has 4 aromatic rings. The van der Waals surface area contributed by atoms with E-state index in [2.05, 4.69) is 45.7 Å². The van der Waals surface area contributed by atoms with Crippen molar-refractivity contribution in [3.05, 3.63) is 107 Å². The minimum absolute atomic E-state index is 0.0537. The van der Waals surface area contributed by atoms with E-state index in [1.165, 1.54) is 16.7 Å². The molecule has 1 atom stereocenters. The summed E-state index contributed by atoms with van der Waals surface area (Å²) in [5.41, 5.74) is 6.15. The van der Waals surface area contributed by atoms with Crippen molar-refractivity contribution in [2.75, 3.05) is 5.32 Å². The quantitative estimate of drug-likeness (QED) is 0.404. The van der Waals surface area contributed by atoms with Gasteiger partial charge in [0.1, 0.15) is 5.82 Å². The Morgan fingerprint density at radius 3 is 2.70 bits per heavy atom. The lowest BCUT2D eigenvalue weighted by Crippen LogP contribution is -2.31. The number of aryl methyl sites for hydroxylation is 2. The van der Waals surface area contributed by atoms with Crippen molar-refractivity contribution in [1.82, 2.24) is 15.3 Å². The predicted octanol–water partition coefficient (Wildman–Crippen LogP) is 6.00. The lowest BCUT2D eigenvalue weighted by atomic mass is 9.87. The van der Waals surface area contributed by atoms with Crippen LogP contribution in [-0.2, 0) is 6.42 Å². The van der Waals surface area contributed by atoms with E-state index in [1.807, 2.05) is 60.7 Å². The van der Waals surface area contributed by atoms with E-state index in [0.29, 0.717) is 17.2 Å². The van der Waals surface area contributed by atoms with E-state index in [0.717, 1.165) is 30.5 Å². The van der Waals surface area contributed by atoms with Crippen LogP contribution in [0.25, 0.3) is 11.4 Å². The molecule has 1 heterocycles. The first-order chi connectivity index (χ1) is 16.2. The van der Waals surface area contributed by atoms with Gasteiger partial charge < -0.3 is 10.6 Å². The van der Waals surface area contributed by atoms with Gasteiger partial charge in [0.05, 0.1) is 6.04 Å². The number of nitrogens with zero attached hydrogens (tertiary/aromatic N) is 2. The molecule has 0 radical (unpaired) electrons. The molecule has 5 heteroatoms. The Kier molecular flexibility index (Phi) is 5.85. The second-order valence-electron chi connectivity index (χ2n) is 8.45. The molecule has 0 fully saturated rings. The molecule has 0 saturated heterocycles. The van der Waals surface area contributed by atoms with Gasteiger partial charge in [-0.1, -0.05) is 60.2 Å². The molecule has 5 nitrogen and oxygen atoms in total. The average molecular weight is 435 g/mol. The highest BCUT2D eigenvalue weighted by Gasteiger charge is 2.22. The van der Waals surface area contributed by atoms with Gasteiger partial charge in [-0.15, -0.1) is 0 Å². The van der Waals surface area contributed by atoms with Crippen LogP contribution in [0.1, 0.15) is 45.9 Å². The topological polar surface area (TPSA) is 66.9 Å². The number of rotatable bonds is 5. The summed E-state index contributed by atoms with van der Waals surface area (Å²) in [6.07, 6.45) is 4.86. The van der Waals surface area contributed by atoms with Crippen molar-refractivity contribution in [3.8, 4) is 11.4 Å². The summed E-state index contributed by atoms with van der Waals surface area (Å²) in [7, 11) is 0. The summed E-state index contributed by atoms with van der Waals surface area (Å²) in [5.74, 6) is 1.27. The van der Waals surface area contributed by atoms with Crippen LogP contribution in [0.2, 0.25) is 0 Å². The van der Waals surface area contributed by atoms with E-state index in [-0.39, 0.29) is 11.9 Å². The predicted molar refractivity (Wildman–Crippen MR) is 132 cm³/mol. The summed E-state index contributed by atoms with van der Waals surface area (Å²) >= 11 is 0. The number of hydrogen-bond donors (Lipinski definition) is 2. The highest BCUT2D eigenvalue weighted by Crippen LogP contribution is 2.30. The number of aromatic nitrogens is 2. The molecular formula is C28H26N4O. The summed E-state index contributed by atoms with van der Waals surface area (Å²) in [6, 6.07) is 25.9. The molecule has 1 aliphatic rings. The van der Waals surface area contributed by atoms with Crippen LogP contribution in [0.15, 0.2) is 85.1 Å². The maximum absolute atomic E-state index is 13.0. The molecule has 2 N–H and O–H groups in total. The van der Waals surface area contributed by atoms with Crippen LogP contribution in [0.3, 0.4) is 0 Å². The monoisotopic (exact) mass is 434 g/mol. The standard InChI is InChI=1S/C28H26N4O/c1-19-12-14-21(15-13-19)27-29-17-16-26(32-27)30-23-9-4-8-22(18-23)28(33)31-25-11-5-7-20-6-2-3-10-24(20)25/h2-4,6,8-10,12-18,25H,5,7,11H2,1H3,(H,31,33)(H,29,30,32)/t25-/m1/s1. The third-order valence-electron chi connectivity index (χ3n) is 6.04. The number of benzene rings is 3. The largest absolute Gasteiger partial charge is 0.345 e. The molecule has 0 aliphatic heterocycles. The number of carbonyl (C=O) groups is 1. The first-order valence-electron chi connectivity index (χ1n) is 11.3. The van der Waals surface area contributed by atoms with Crippen molar-refractivity contribution in [2.45, 2.75) is 32.2 Å². The highest BCUT2D eigenvalue weighted by molar-refractivity contribution is 5.95. The van der Waals surface area contributed by atoms with E-state index >= 15 is 0 Å². The Labute approximate surface area is 193 Å². The molecule has 1 aliphatic carbocycles. The van der Waals surface area contributed by atoms with Gasteiger partial charge in [-0.2, -0.15) is 0 Å². The number of nitrogens with one attached hydrogen (secondary N) is 2. The van der Waals surface area contributed by atoms with Crippen LogP contribution in [-0.4, -0.2) is 15.9 Å². The lowest BCUT2D eigenvalue weighted by molar-refractivity contribution is 0.0933. The normalized spacial score (nSPS) is 14.9. The average Bonchev–Trinajstić information content (AvgIpc) is 2.85. The fourth-order valence-corrected chi connectivity index (χ4v) is 4.30. The number of hydrogen-bond acceptors (Lipinski definition) is 4. The highest BCUT2D eigenvalue weighted by atomic mass is 16.1. The third kappa shape index (κ3) is 4.77. The van der Waals surface area contributed by atoms with Crippen LogP contribution < -0.4 is 10.6 Å². The van der Waals surface area contributed by atoms with Crippen molar-refractivity contribution < 1.29 is 4.79 Å². The van der Waals surface area contributed by atoms with E-state index in [1.54, 1.807) is 6.20 Å². The first kappa shape index (κ1) is 20.9. The lowest BCUT2D eigenvalue weighted by Gasteiger charge is -2.26. The van der Waals surface area contributed by atoms with Gasteiger partial charge in [-0.25, -0.2) is 9.97 Å². The fraction of sp³-hybridized carbons (Fsp3) is 0.179. The number of carbonyl (C=O) groups excluding carboxylic acids is 1. The van der Waals surface area contributed by atoms with Crippen molar-refractivity contribution in [2.24, 2.45) is 0 Å². The molecule has 0 spiro atoms. The van der Waals surface area contributed by atoms with Crippen LogP contribution in [0, 0.1) is 6.92 Å². The Hall–Kier alpha value is -3.99. The molecule has 0 saturated carbocycles. The van der Waals surface area contributed by atoms with Crippen LogP contribution in [0.5, 0.6) is 0 Å². The third-order valence-corrected chi connectivity index (χ3v) is 6.04. The smallest absolute Gasteiger partial charge is 0.251 e. The van der Waals surface area contributed by atoms with Gasteiger partial charge in [0.2, 0.25) is 0 Å². The summed E-state index contributed by atoms with van der Waals surface area (Å²) in [5, 5.41) is 6.53. The Morgan fingerprint density at radius 1 is 0.970 bits per heavy atom. The van der Waals surface area contributed by atoms with Crippen LogP contribution in [0.4, 0.5) is 11.5 Å².